The van der Waals surface area contributed by atoms with Crippen molar-refractivity contribution in [3.05, 3.63) is 57.5 Å². The standard InChI is InChI=1S/C25H34N4O4/c1-2-10-28(19-6-7-20-18(17-19)4-3-5-21(20)30)14-11-27-12-15-29(16-13-27)25(33)23-24(32)22(31)8-9-26-23/h3-5,8-9,19,30,32H,2,6-7,10-17H2,1H3,(H,26,31). The number of H-pyrrole nitrogens is 1. The normalized spacial score (nSPS) is 19.0. The van der Waals surface area contributed by atoms with E-state index in [-0.39, 0.29) is 11.6 Å². The average Bonchev–Trinajstić information content (AvgIpc) is 2.83. The van der Waals surface area contributed by atoms with E-state index in [1.54, 1.807) is 11.0 Å². The Kier molecular flexibility index (Phi) is 7.35. The Bertz CT molecular complexity index is 1030. The number of amides is 1. The largest absolute Gasteiger partial charge is 0.508 e. The second kappa shape index (κ2) is 10.4. The number of carbonyl (C=O) groups is 1. The van der Waals surface area contributed by atoms with E-state index in [4.69, 9.17) is 0 Å². The number of aromatic nitrogens is 1. The summed E-state index contributed by atoms with van der Waals surface area (Å²) in [6.45, 7) is 7.86. The van der Waals surface area contributed by atoms with Crippen LogP contribution in [-0.4, -0.2) is 87.7 Å². The van der Waals surface area contributed by atoms with Crippen molar-refractivity contribution < 1.29 is 15.0 Å². The van der Waals surface area contributed by atoms with Crippen LogP contribution in [0.25, 0.3) is 0 Å². The van der Waals surface area contributed by atoms with Crippen LogP contribution in [0.3, 0.4) is 0 Å². The summed E-state index contributed by atoms with van der Waals surface area (Å²) < 4.78 is 0. The van der Waals surface area contributed by atoms with Gasteiger partial charge in [0.05, 0.1) is 0 Å². The van der Waals surface area contributed by atoms with Gasteiger partial charge in [-0.05, 0) is 49.4 Å². The number of aromatic hydroxyl groups is 2. The first kappa shape index (κ1) is 23.3. The molecule has 1 aromatic heterocycles. The maximum Gasteiger partial charge on any atom is 0.274 e. The molecule has 8 nitrogen and oxygen atoms in total. The Morgan fingerprint density at radius 2 is 1.94 bits per heavy atom. The Balaban J connectivity index is 1.30. The van der Waals surface area contributed by atoms with Gasteiger partial charge in [0, 0.05) is 57.6 Å². The SMILES string of the molecule is CCCN(CCN1CCN(C(=O)c2[nH]ccc(=O)c2O)CC1)C1CCc2c(O)cccc2C1. The van der Waals surface area contributed by atoms with Gasteiger partial charge in [-0.15, -0.1) is 0 Å². The van der Waals surface area contributed by atoms with Gasteiger partial charge in [0.2, 0.25) is 5.43 Å². The van der Waals surface area contributed by atoms with Gasteiger partial charge >= 0.3 is 0 Å². The van der Waals surface area contributed by atoms with Gasteiger partial charge < -0.3 is 20.1 Å². The molecular formula is C25H34N4O4. The third kappa shape index (κ3) is 5.23. The minimum atomic E-state index is -0.549. The second-order valence-corrected chi connectivity index (χ2v) is 9.05. The van der Waals surface area contributed by atoms with E-state index in [0.717, 1.165) is 64.0 Å². The molecule has 1 amide bonds. The summed E-state index contributed by atoms with van der Waals surface area (Å²) in [5.41, 5.74) is 1.79. The van der Waals surface area contributed by atoms with Gasteiger partial charge in [0.1, 0.15) is 5.75 Å². The molecule has 178 valence electrons. The number of nitrogens with one attached hydrogen (secondary N) is 1. The average molecular weight is 455 g/mol. The Morgan fingerprint density at radius 1 is 1.15 bits per heavy atom. The fourth-order valence-corrected chi connectivity index (χ4v) is 5.08. The zero-order valence-corrected chi connectivity index (χ0v) is 19.3. The Morgan fingerprint density at radius 3 is 2.70 bits per heavy atom. The molecule has 0 bridgehead atoms. The second-order valence-electron chi connectivity index (χ2n) is 9.05. The molecule has 0 spiro atoms. The van der Waals surface area contributed by atoms with E-state index in [1.807, 2.05) is 6.07 Å². The van der Waals surface area contributed by atoms with Crippen LogP contribution in [0.2, 0.25) is 0 Å². The lowest BCUT2D eigenvalue weighted by molar-refractivity contribution is 0.0600. The van der Waals surface area contributed by atoms with Crippen molar-refractivity contribution >= 4 is 5.91 Å². The third-order valence-electron chi connectivity index (χ3n) is 6.97. The maximum atomic E-state index is 12.7. The first-order valence-corrected chi connectivity index (χ1v) is 11.9. The molecule has 2 aliphatic rings. The number of carbonyl (C=O) groups excluding carboxylic acids is 1. The number of hydrogen-bond donors (Lipinski definition) is 3. The number of hydrogen-bond acceptors (Lipinski definition) is 6. The van der Waals surface area contributed by atoms with E-state index in [1.165, 1.54) is 17.8 Å². The minimum absolute atomic E-state index is 0.0336. The molecule has 1 atom stereocenters. The Hall–Kier alpha value is -2.84. The zero-order valence-electron chi connectivity index (χ0n) is 19.3. The molecule has 0 radical (unpaired) electrons. The minimum Gasteiger partial charge on any atom is -0.508 e. The predicted molar refractivity (Wildman–Crippen MR) is 127 cm³/mol. The van der Waals surface area contributed by atoms with Crippen molar-refractivity contribution in [3.8, 4) is 11.5 Å². The van der Waals surface area contributed by atoms with E-state index >= 15 is 0 Å². The van der Waals surface area contributed by atoms with Crippen LogP contribution in [0.5, 0.6) is 11.5 Å². The lowest BCUT2D eigenvalue weighted by Crippen LogP contribution is -2.51. The summed E-state index contributed by atoms with van der Waals surface area (Å²) in [5, 5.41) is 20.1. The molecule has 2 heterocycles. The highest BCUT2D eigenvalue weighted by Crippen LogP contribution is 2.30. The molecular weight excluding hydrogens is 420 g/mol. The van der Waals surface area contributed by atoms with Crippen LogP contribution in [0.1, 0.15) is 41.4 Å². The van der Waals surface area contributed by atoms with Crippen molar-refractivity contribution in [3.63, 3.8) is 0 Å². The van der Waals surface area contributed by atoms with Crippen LogP contribution in [0.4, 0.5) is 0 Å². The third-order valence-corrected chi connectivity index (χ3v) is 6.97. The molecule has 3 N–H and O–H groups in total. The summed E-state index contributed by atoms with van der Waals surface area (Å²) >= 11 is 0. The topological polar surface area (TPSA) is 100 Å². The maximum absolute atomic E-state index is 12.7. The van der Waals surface area contributed by atoms with Crippen molar-refractivity contribution in [1.82, 2.24) is 19.7 Å². The van der Waals surface area contributed by atoms with Gasteiger partial charge in [-0.25, -0.2) is 0 Å². The molecule has 1 fully saturated rings. The molecule has 1 saturated heterocycles. The first-order valence-electron chi connectivity index (χ1n) is 11.9. The smallest absolute Gasteiger partial charge is 0.274 e. The van der Waals surface area contributed by atoms with Gasteiger partial charge in [0.25, 0.3) is 5.91 Å². The quantitative estimate of drug-likeness (QED) is 0.590. The van der Waals surface area contributed by atoms with Crippen LogP contribution < -0.4 is 5.43 Å². The van der Waals surface area contributed by atoms with Crippen molar-refractivity contribution in [2.75, 3.05) is 45.8 Å². The fraction of sp³-hybridized carbons (Fsp3) is 0.520. The zero-order chi connectivity index (χ0) is 23.4. The predicted octanol–water partition coefficient (Wildman–Crippen LogP) is 1.81. The van der Waals surface area contributed by atoms with E-state index < -0.39 is 11.2 Å². The molecule has 2 aromatic rings. The summed E-state index contributed by atoms with van der Waals surface area (Å²) in [4.78, 5) is 33.7. The monoisotopic (exact) mass is 454 g/mol. The van der Waals surface area contributed by atoms with Crippen LogP contribution in [0, 0.1) is 0 Å². The molecule has 1 aliphatic heterocycles. The van der Waals surface area contributed by atoms with Gasteiger partial charge in [-0.1, -0.05) is 19.1 Å². The van der Waals surface area contributed by atoms with E-state index in [2.05, 4.69) is 27.8 Å². The lowest BCUT2D eigenvalue weighted by Gasteiger charge is -2.39. The van der Waals surface area contributed by atoms with Crippen LogP contribution in [-0.2, 0) is 12.8 Å². The summed E-state index contributed by atoms with van der Waals surface area (Å²) in [6.07, 6.45) is 5.45. The number of benzene rings is 1. The molecule has 8 heteroatoms. The summed E-state index contributed by atoms with van der Waals surface area (Å²) in [5.74, 6) is -0.419. The fourth-order valence-electron chi connectivity index (χ4n) is 5.08. The highest BCUT2D eigenvalue weighted by Gasteiger charge is 2.28. The van der Waals surface area contributed by atoms with E-state index in [9.17, 15) is 19.8 Å². The Labute approximate surface area is 194 Å². The van der Waals surface area contributed by atoms with Crippen LogP contribution in [0.15, 0.2) is 35.3 Å². The number of aromatic amines is 1. The molecule has 0 saturated carbocycles. The number of fused-ring (bicyclic) bond motifs is 1. The van der Waals surface area contributed by atoms with Crippen molar-refractivity contribution in [2.24, 2.45) is 0 Å². The number of pyridine rings is 1. The number of phenols is 1. The van der Waals surface area contributed by atoms with Crippen LogP contribution >= 0.6 is 0 Å². The van der Waals surface area contributed by atoms with Crippen molar-refractivity contribution in [1.29, 1.82) is 0 Å². The molecule has 4 rings (SSSR count). The van der Waals surface area contributed by atoms with Gasteiger partial charge in [-0.3, -0.25) is 19.4 Å². The molecule has 1 aliphatic carbocycles. The molecule has 1 unspecified atom stereocenters. The van der Waals surface area contributed by atoms with Crippen molar-refractivity contribution in [2.45, 2.75) is 38.6 Å². The highest BCUT2D eigenvalue weighted by atomic mass is 16.3. The number of nitrogens with zero attached hydrogens (tertiary/aromatic N) is 3. The molecule has 1 aromatic carbocycles. The first-order chi connectivity index (χ1) is 16.0. The summed E-state index contributed by atoms with van der Waals surface area (Å²) in [7, 11) is 0. The number of piperazine rings is 1. The van der Waals surface area contributed by atoms with Gasteiger partial charge in [-0.2, -0.15) is 0 Å². The van der Waals surface area contributed by atoms with E-state index in [0.29, 0.717) is 24.9 Å². The highest BCUT2D eigenvalue weighted by molar-refractivity contribution is 5.94. The molecule has 33 heavy (non-hydrogen) atoms. The lowest BCUT2D eigenvalue weighted by atomic mass is 9.87. The van der Waals surface area contributed by atoms with Gasteiger partial charge in [0.15, 0.2) is 11.4 Å². The number of rotatable bonds is 7. The summed E-state index contributed by atoms with van der Waals surface area (Å²) in [6, 6.07) is 7.55. The number of phenolic OH excluding ortho intramolecular Hbond substituents is 1.